The van der Waals surface area contributed by atoms with Gasteiger partial charge in [0.2, 0.25) is 10.0 Å². The smallest absolute Gasteiger partial charge is 0.315 e. The molecule has 0 bridgehead atoms. The van der Waals surface area contributed by atoms with E-state index < -0.39 is 10.0 Å². The minimum atomic E-state index is -3.30. The molecular weight excluding hydrogens is 314 g/mol. The standard InChI is InChI=1S/C16H25N3O3S/c1-12-6-3-4-9-15(12)18-16(20)17-11-13-7-5-8-14(10-13)19-23(2,21)22/h5,7-8,10,12,15,19H,3-4,6,9,11H2,1-2H3,(H2,17,18,20)/t12-,15+/m0/s1. The molecule has 1 aromatic carbocycles. The number of hydrogen-bond acceptors (Lipinski definition) is 3. The minimum Gasteiger partial charge on any atom is -0.335 e. The number of hydrogen-bond donors (Lipinski definition) is 3. The van der Waals surface area contributed by atoms with E-state index in [1.54, 1.807) is 18.2 Å². The molecule has 0 saturated heterocycles. The zero-order valence-electron chi connectivity index (χ0n) is 13.6. The molecule has 3 N–H and O–H groups in total. The number of rotatable bonds is 5. The van der Waals surface area contributed by atoms with Crippen molar-refractivity contribution in [1.82, 2.24) is 10.6 Å². The molecule has 1 fully saturated rings. The predicted octanol–water partition coefficient (Wildman–Crippen LogP) is 2.44. The van der Waals surface area contributed by atoms with Crippen LogP contribution in [-0.2, 0) is 16.6 Å². The zero-order chi connectivity index (χ0) is 16.9. The fourth-order valence-corrected chi connectivity index (χ4v) is 3.45. The lowest BCUT2D eigenvalue weighted by Crippen LogP contribution is -2.45. The first-order chi connectivity index (χ1) is 10.8. The van der Waals surface area contributed by atoms with Crippen LogP contribution in [0.5, 0.6) is 0 Å². The molecule has 0 heterocycles. The van der Waals surface area contributed by atoms with Crippen molar-refractivity contribution in [1.29, 1.82) is 0 Å². The monoisotopic (exact) mass is 339 g/mol. The van der Waals surface area contributed by atoms with E-state index in [1.165, 1.54) is 6.42 Å². The molecular formula is C16H25N3O3S. The fourth-order valence-electron chi connectivity index (χ4n) is 2.89. The summed E-state index contributed by atoms with van der Waals surface area (Å²) in [5, 5.41) is 5.86. The van der Waals surface area contributed by atoms with E-state index >= 15 is 0 Å². The largest absolute Gasteiger partial charge is 0.335 e. The van der Waals surface area contributed by atoms with E-state index in [0.29, 0.717) is 18.2 Å². The number of carbonyl (C=O) groups excluding carboxylic acids is 1. The number of benzene rings is 1. The maximum absolute atomic E-state index is 12.0. The summed E-state index contributed by atoms with van der Waals surface area (Å²) in [6.07, 6.45) is 5.69. The highest BCUT2D eigenvalue weighted by atomic mass is 32.2. The number of sulfonamides is 1. The molecule has 0 radical (unpaired) electrons. The Hall–Kier alpha value is -1.76. The van der Waals surface area contributed by atoms with E-state index in [2.05, 4.69) is 22.3 Å². The summed E-state index contributed by atoms with van der Waals surface area (Å²) >= 11 is 0. The Balaban J connectivity index is 1.85. The van der Waals surface area contributed by atoms with E-state index in [0.717, 1.165) is 31.1 Å². The average Bonchev–Trinajstić information content (AvgIpc) is 2.46. The average molecular weight is 339 g/mol. The van der Waals surface area contributed by atoms with Gasteiger partial charge in [-0.05, 0) is 36.5 Å². The highest BCUT2D eigenvalue weighted by molar-refractivity contribution is 7.92. The lowest BCUT2D eigenvalue weighted by atomic mass is 9.86. The molecule has 1 aliphatic rings. The van der Waals surface area contributed by atoms with Crippen LogP contribution in [0.1, 0.15) is 38.2 Å². The van der Waals surface area contributed by atoms with Gasteiger partial charge in [-0.1, -0.05) is 31.9 Å². The topological polar surface area (TPSA) is 87.3 Å². The van der Waals surface area contributed by atoms with Crippen LogP contribution in [0.2, 0.25) is 0 Å². The van der Waals surface area contributed by atoms with Crippen LogP contribution in [0.25, 0.3) is 0 Å². The first kappa shape index (κ1) is 17.6. The van der Waals surface area contributed by atoms with Crippen molar-refractivity contribution < 1.29 is 13.2 Å². The maximum atomic E-state index is 12.0. The summed E-state index contributed by atoms with van der Waals surface area (Å²) in [5.41, 5.74) is 1.33. The Morgan fingerprint density at radius 3 is 2.70 bits per heavy atom. The lowest BCUT2D eigenvalue weighted by Gasteiger charge is -2.29. The first-order valence-electron chi connectivity index (χ1n) is 7.94. The minimum absolute atomic E-state index is 0.176. The molecule has 1 saturated carbocycles. The molecule has 2 rings (SSSR count). The number of nitrogens with one attached hydrogen (secondary N) is 3. The Bertz CT molecular complexity index is 646. The second-order valence-electron chi connectivity index (χ2n) is 6.27. The molecule has 23 heavy (non-hydrogen) atoms. The van der Waals surface area contributed by atoms with Crippen molar-refractivity contribution in [2.45, 2.75) is 45.2 Å². The molecule has 1 aromatic rings. The number of amides is 2. The second-order valence-corrected chi connectivity index (χ2v) is 8.02. The van der Waals surface area contributed by atoms with Crippen molar-refractivity contribution in [3.63, 3.8) is 0 Å². The third kappa shape index (κ3) is 6.09. The van der Waals surface area contributed by atoms with Crippen molar-refractivity contribution >= 4 is 21.7 Å². The van der Waals surface area contributed by atoms with E-state index in [1.807, 2.05) is 6.07 Å². The van der Waals surface area contributed by atoms with Crippen molar-refractivity contribution in [2.24, 2.45) is 5.92 Å². The molecule has 0 unspecified atom stereocenters. The SMILES string of the molecule is C[C@H]1CCCC[C@H]1NC(=O)NCc1cccc(NS(C)(=O)=O)c1. The predicted molar refractivity (Wildman–Crippen MR) is 91.7 cm³/mol. The van der Waals surface area contributed by atoms with E-state index in [-0.39, 0.29) is 12.1 Å². The quantitative estimate of drug-likeness (QED) is 0.770. The van der Waals surface area contributed by atoms with Crippen LogP contribution in [0.15, 0.2) is 24.3 Å². The Morgan fingerprint density at radius 1 is 1.26 bits per heavy atom. The van der Waals surface area contributed by atoms with Gasteiger partial charge in [0.25, 0.3) is 0 Å². The molecule has 0 aromatic heterocycles. The van der Waals surface area contributed by atoms with Gasteiger partial charge in [-0.15, -0.1) is 0 Å². The Labute approximate surface area is 138 Å². The Morgan fingerprint density at radius 2 is 2.00 bits per heavy atom. The highest BCUT2D eigenvalue weighted by Crippen LogP contribution is 2.23. The molecule has 0 spiro atoms. The first-order valence-corrected chi connectivity index (χ1v) is 9.84. The summed E-state index contributed by atoms with van der Waals surface area (Å²) in [6.45, 7) is 2.52. The molecule has 1 aliphatic carbocycles. The molecule has 0 aliphatic heterocycles. The molecule has 2 amide bonds. The van der Waals surface area contributed by atoms with E-state index in [9.17, 15) is 13.2 Å². The third-order valence-corrected chi connectivity index (χ3v) is 4.72. The lowest BCUT2D eigenvalue weighted by molar-refractivity contribution is 0.221. The highest BCUT2D eigenvalue weighted by Gasteiger charge is 2.22. The Kier molecular flexibility index (Phi) is 5.87. The summed E-state index contributed by atoms with van der Waals surface area (Å²) in [7, 11) is -3.30. The van der Waals surface area contributed by atoms with Crippen molar-refractivity contribution in [3.05, 3.63) is 29.8 Å². The molecule has 2 atom stereocenters. The second kappa shape index (κ2) is 7.68. The molecule has 128 valence electrons. The normalized spacial score (nSPS) is 21.5. The van der Waals surface area contributed by atoms with Crippen LogP contribution in [0.3, 0.4) is 0 Å². The van der Waals surface area contributed by atoms with Gasteiger partial charge in [0.15, 0.2) is 0 Å². The van der Waals surface area contributed by atoms with Crippen LogP contribution >= 0.6 is 0 Å². The summed E-state index contributed by atoms with van der Waals surface area (Å²) < 4.78 is 24.9. The van der Waals surface area contributed by atoms with Gasteiger partial charge < -0.3 is 10.6 Å². The van der Waals surface area contributed by atoms with Crippen LogP contribution in [-0.4, -0.2) is 26.7 Å². The van der Waals surface area contributed by atoms with E-state index in [4.69, 9.17) is 0 Å². The van der Waals surface area contributed by atoms with Crippen LogP contribution in [0.4, 0.5) is 10.5 Å². The van der Waals surface area contributed by atoms with Gasteiger partial charge in [0, 0.05) is 18.3 Å². The van der Waals surface area contributed by atoms with Gasteiger partial charge in [-0.2, -0.15) is 0 Å². The zero-order valence-corrected chi connectivity index (χ0v) is 14.4. The van der Waals surface area contributed by atoms with Crippen LogP contribution in [0, 0.1) is 5.92 Å². The van der Waals surface area contributed by atoms with Gasteiger partial charge in [0.1, 0.15) is 0 Å². The number of anilines is 1. The molecule has 7 heteroatoms. The fraction of sp³-hybridized carbons (Fsp3) is 0.562. The maximum Gasteiger partial charge on any atom is 0.315 e. The van der Waals surface area contributed by atoms with Gasteiger partial charge >= 0.3 is 6.03 Å². The summed E-state index contributed by atoms with van der Waals surface area (Å²) in [5.74, 6) is 0.511. The third-order valence-electron chi connectivity index (χ3n) is 4.11. The van der Waals surface area contributed by atoms with Crippen molar-refractivity contribution in [3.8, 4) is 0 Å². The number of urea groups is 1. The van der Waals surface area contributed by atoms with Gasteiger partial charge in [-0.25, -0.2) is 13.2 Å². The van der Waals surface area contributed by atoms with Gasteiger partial charge in [0.05, 0.1) is 6.26 Å². The van der Waals surface area contributed by atoms with Crippen LogP contribution < -0.4 is 15.4 Å². The van der Waals surface area contributed by atoms with Crippen molar-refractivity contribution in [2.75, 3.05) is 11.0 Å². The summed E-state index contributed by atoms with van der Waals surface area (Å²) in [6, 6.07) is 7.05. The molecule has 6 nitrogen and oxygen atoms in total. The number of carbonyl (C=O) groups is 1. The van der Waals surface area contributed by atoms with Gasteiger partial charge in [-0.3, -0.25) is 4.72 Å². The summed E-state index contributed by atoms with van der Waals surface area (Å²) in [4.78, 5) is 12.0.